The van der Waals surface area contributed by atoms with Crippen molar-refractivity contribution in [1.82, 2.24) is 20.4 Å². The summed E-state index contributed by atoms with van der Waals surface area (Å²) in [5.74, 6) is 1.06. The van der Waals surface area contributed by atoms with Crippen molar-refractivity contribution < 1.29 is 4.79 Å². The van der Waals surface area contributed by atoms with Gasteiger partial charge in [-0.3, -0.25) is 14.7 Å². The first-order chi connectivity index (χ1) is 12.5. The zero-order chi connectivity index (χ0) is 19.0. The number of nitrogens with zero attached hydrogens (tertiary/aromatic N) is 3. The van der Waals surface area contributed by atoms with Crippen LogP contribution in [-0.4, -0.2) is 75.0 Å². The first-order valence-corrected chi connectivity index (χ1v) is 10.4. The van der Waals surface area contributed by atoms with E-state index in [1.165, 1.54) is 32.2 Å². The molecule has 6 heteroatoms. The Labute approximate surface area is 159 Å². The van der Waals surface area contributed by atoms with E-state index in [1.54, 1.807) is 11.9 Å². The number of amides is 1. The molecule has 1 heterocycles. The lowest BCUT2D eigenvalue weighted by Gasteiger charge is -2.35. The van der Waals surface area contributed by atoms with Gasteiger partial charge in [0.05, 0.1) is 5.41 Å². The van der Waals surface area contributed by atoms with Crippen molar-refractivity contribution in [2.75, 3.05) is 47.3 Å². The molecule has 1 amide bonds. The highest BCUT2D eigenvalue weighted by molar-refractivity contribution is 5.85. The van der Waals surface area contributed by atoms with Crippen LogP contribution in [0.1, 0.15) is 58.3 Å². The van der Waals surface area contributed by atoms with Gasteiger partial charge < -0.3 is 15.5 Å². The van der Waals surface area contributed by atoms with Crippen molar-refractivity contribution in [1.29, 1.82) is 0 Å². The van der Waals surface area contributed by atoms with Crippen molar-refractivity contribution >= 4 is 11.9 Å². The summed E-state index contributed by atoms with van der Waals surface area (Å²) in [4.78, 5) is 21.4. The lowest BCUT2D eigenvalue weighted by atomic mass is 9.84. The smallest absolute Gasteiger partial charge is 0.230 e. The van der Waals surface area contributed by atoms with Gasteiger partial charge in [-0.25, -0.2) is 0 Å². The number of hydrogen-bond donors (Lipinski definition) is 2. The highest BCUT2D eigenvalue weighted by Crippen LogP contribution is 2.38. The van der Waals surface area contributed by atoms with Crippen LogP contribution >= 0.6 is 0 Å². The Balaban J connectivity index is 1.80. The number of aliphatic imine (C=N–C) groups is 1. The molecule has 1 atom stereocenters. The third kappa shape index (κ3) is 5.35. The minimum atomic E-state index is -0.263. The molecular formula is C20H39N5O. The Morgan fingerprint density at radius 1 is 1.19 bits per heavy atom. The maximum atomic E-state index is 12.7. The van der Waals surface area contributed by atoms with Gasteiger partial charge in [-0.15, -0.1) is 0 Å². The predicted molar refractivity (Wildman–Crippen MR) is 108 cm³/mol. The highest BCUT2D eigenvalue weighted by Gasteiger charge is 2.42. The van der Waals surface area contributed by atoms with Crippen LogP contribution in [0.25, 0.3) is 0 Å². The van der Waals surface area contributed by atoms with Crippen LogP contribution in [0.4, 0.5) is 0 Å². The quantitative estimate of drug-likeness (QED) is 0.536. The number of nitrogens with one attached hydrogen (secondary N) is 2. The van der Waals surface area contributed by atoms with Crippen LogP contribution in [0.5, 0.6) is 0 Å². The lowest BCUT2D eigenvalue weighted by molar-refractivity contribution is -0.138. The fourth-order valence-corrected chi connectivity index (χ4v) is 4.60. The molecule has 6 nitrogen and oxygen atoms in total. The van der Waals surface area contributed by atoms with Gasteiger partial charge in [0.25, 0.3) is 0 Å². The average Bonchev–Trinajstić information content (AvgIpc) is 3.14. The van der Waals surface area contributed by atoms with Gasteiger partial charge in [0.2, 0.25) is 5.91 Å². The number of carbonyl (C=O) groups is 1. The minimum Gasteiger partial charge on any atom is -0.355 e. The maximum absolute atomic E-state index is 12.7. The number of carbonyl (C=O) groups excluding carboxylic acids is 1. The molecule has 0 radical (unpaired) electrons. The summed E-state index contributed by atoms with van der Waals surface area (Å²) in [6, 6.07) is 0.736. The van der Waals surface area contributed by atoms with Gasteiger partial charge in [0.15, 0.2) is 5.96 Å². The van der Waals surface area contributed by atoms with Crippen LogP contribution in [-0.2, 0) is 4.79 Å². The molecule has 0 aromatic rings. The molecule has 1 aliphatic carbocycles. The van der Waals surface area contributed by atoms with Crippen LogP contribution in [0.2, 0.25) is 0 Å². The van der Waals surface area contributed by atoms with Crippen molar-refractivity contribution in [3.63, 3.8) is 0 Å². The summed E-state index contributed by atoms with van der Waals surface area (Å²) in [6.07, 6.45) is 9.48. The number of guanidine groups is 1. The van der Waals surface area contributed by atoms with Crippen molar-refractivity contribution in [2.45, 2.75) is 64.3 Å². The zero-order valence-electron chi connectivity index (χ0n) is 17.3. The van der Waals surface area contributed by atoms with Gasteiger partial charge in [-0.05, 0) is 38.6 Å². The van der Waals surface area contributed by atoms with Crippen LogP contribution in [0, 0.1) is 5.41 Å². The Kier molecular flexibility index (Phi) is 8.19. The van der Waals surface area contributed by atoms with Gasteiger partial charge in [-0.2, -0.15) is 0 Å². The monoisotopic (exact) mass is 365 g/mol. The fraction of sp³-hybridized carbons (Fsp3) is 0.900. The van der Waals surface area contributed by atoms with E-state index in [-0.39, 0.29) is 11.3 Å². The van der Waals surface area contributed by atoms with Gasteiger partial charge in [-0.1, -0.05) is 26.2 Å². The molecule has 2 rings (SSSR count). The van der Waals surface area contributed by atoms with E-state index in [9.17, 15) is 4.79 Å². The first-order valence-electron chi connectivity index (χ1n) is 10.4. The maximum Gasteiger partial charge on any atom is 0.230 e. The number of rotatable bonds is 7. The predicted octanol–water partition coefficient (Wildman–Crippen LogP) is 2.06. The van der Waals surface area contributed by atoms with E-state index >= 15 is 0 Å². The molecule has 0 spiro atoms. The third-order valence-corrected chi connectivity index (χ3v) is 6.15. The molecule has 0 aromatic heterocycles. The molecule has 1 aliphatic heterocycles. The molecular weight excluding hydrogens is 326 g/mol. The van der Waals surface area contributed by atoms with E-state index in [0.717, 1.165) is 50.8 Å². The molecule has 2 fully saturated rings. The van der Waals surface area contributed by atoms with Crippen molar-refractivity contribution in [3.05, 3.63) is 0 Å². The Bertz CT molecular complexity index is 471. The van der Waals surface area contributed by atoms with E-state index in [1.807, 2.05) is 14.1 Å². The van der Waals surface area contributed by atoms with E-state index < -0.39 is 0 Å². The van der Waals surface area contributed by atoms with Gasteiger partial charge in [0, 0.05) is 46.8 Å². The van der Waals surface area contributed by atoms with E-state index in [0.29, 0.717) is 6.54 Å². The second-order valence-electron chi connectivity index (χ2n) is 8.13. The Morgan fingerprint density at radius 2 is 1.92 bits per heavy atom. The molecule has 150 valence electrons. The van der Waals surface area contributed by atoms with Gasteiger partial charge >= 0.3 is 0 Å². The first kappa shape index (κ1) is 21.0. The number of piperidine rings is 1. The van der Waals surface area contributed by atoms with Crippen LogP contribution in [0.3, 0.4) is 0 Å². The molecule has 1 saturated carbocycles. The Hall–Kier alpha value is -1.30. The summed E-state index contributed by atoms with van der Waals surface area (Å²) in [6.45, 7) is 6.13. The van der Waals surface area contributed by atoms with Crippen LogP contribution in [0.15, 0.2) is 4.99 Å². The molecule has 0 bridgehead atoms. The molecule has 26 heavy (non-hydrogen) atoms. The fourth-order valence-electron chi connectivity index (χ4n) is 4.60. The van der Waals surface area contributed by atoms with E-state index in [4.69, 9.17) is 0 Å². The van der Waals surface area contributed by atoms with Crippen molar-refractivity contribution in [2.24, 2.45) is 10.4 Å². The third-order valence-electron chi connectivity index (χ3n) is 6.15. The standard InChI is InChI=1S/C20H39N5O/c1-5-17-10-6-9-14-25(17)15-13-22-19(21-2)23-16-20(11-7-8-12-20)18(26)24(3)4/h17H,5-16H2,1-4H3,(H2,21,22,23). The summed E-state index contributed by atoms with van der Waals surface area (Å²) >= 11 is 0. The second kappa shape index (κ2) is 10.1. The zero-order valence-corrected chi connectivity index (χ0v) is 17.3. The highest BCUT2D eigenvalue weighted by atomic mass is 16.2. The SMILES string of the molecule is CCC1CCCCN1CCNC(=NC)NCC1(C(=O)N(C)C)CCCC1. The average molecular weight is 366 g/mol. The largest absolute Gasteiger partial charge is 0.355 e. The van der Waals surface area contributed by atoms with Gasteiger partial charge in [0.1, 0.15) is 0 Å². The molecule has 1 unspecified atom stereocenters. The summed E-state index contributed by atoms with van der Waals surface area (Å²) in [5, 5.41) is 6.87. The summed E-state index contributed by atoms with van der Waals surface area (Å²) in [5.41, 5.74) is -0.263. The lowest BCUT2D eigenvalue weighted by Crippen LogP contribution is -2.50. The normalized spacial score (nSPS) is 23.7. The second-order valence-corrected chi connectivity index (χ2v) is 8.13. The Morgan fingerprint density at radius 3 is 2.54 bits per heavy atom. The number of likely N-dealkylation sites (tertiary alicyclic amines) is 1. The van der Waals surface area contributed by atoms with Crippen molar-refractivity contribution in [3.8, 4) is 0 Å². The molecule has 0 aromatic carbocycles. The van der Waals surface area contributed by atoms with E-state index in [2.05, 4.69) is 27.4 Å². The topological polar surface area (TPSA) is 60.0 Å². The summed E-state index contributed by atoms with van der Waals surface area (Å²) < 4.78 is 0. The minimum absolute atomic E-state index is 0.247. The molecule has 2 N–H and O–H groups in total. The van der Waals surface area contributed by atoms with Crippen LogP contribution < -0.4 is 10.6 Å². The molecule has 2 aliphatic rings. The molecule has 1 saturated heterocycles. The summed E-state index contributed by atoms with van der Waals surface area (Å²) in [7, 11) is 5.52. The number of hydrogen-bond acceptors (Lipinski definition) is 3.